The van der Waals surface area contributed by atoms with Gasteiger partial charge in [0.2, 0.25) is 5.13 Å². The van der Waals surface area contributed by atoms with Crippen LogP contribution in [0.2, 0.25) is 0 Å². The van der Waals surface area contributed by atoms with Crippen molar-refractivity contribution in [1.82, 2.24) is 10.2 Å². The van der Waals surface area contributed by atoms with Gasteiger partial charge in [-0.1, -0.05) is 24.7 Å². The highest BCUT2D eigenvalue weighted by molar-refractivity contribution is 7.13. The van der Waals surface area contributed by atoms with Crippen LogP contribution in [0.25, 0.3) is 0 Å². The summed E-state index contributed by atoms with van der Waals surface area (Å²) in [4.78, 5) is 0. The van der Waals surface area contributed by atoms with Gasteiger partial charge < -0.3 is 10.4 Å². The molecule has 1 atom stereocenters. The van der Waals surface area contributed by atoms with Crippen LogP contribution in [-0.2, 0) is 0 Å². The van der Waals surface area contributed by atoms with Gasteiger partial charge >= 0.3 is 0 Å². The number of nitrogens with one attached hydrogen (secondary N) is 1. The largest absolute Gasteiger partial charge is 0.396 e. The molecule has 5 heteroatoms. The van der Waals surface area contributed by atoms with Crippen molar-refractivity contribution in [3.8, 4) is 0 Å². The maximum absolute atomic E-state index is 8.77. The number of hydrogen-bond donors (Lipinski definition) is 2. The second kappa shape index (κ2) is 5.88. The monoisotopic (exact) mass is 201 g/mol. The van der Waals surface area contributed by atoms with E-state index in [-0.39, 0.29) is 6.61 Å². The molecular weight excluding hydrogens is 186 g/mol. The molecule has 1 aromatic rings. The molecule has 0 radical (unpaired) electrons. The van der Waals surface area contributed by atoms with Crippen molar-refractivity contribution in [1.29, 1.82) is 0 Å². The smallest absolute Gasteiger partial charge is 0.205 e. The van der Waals surface area contributed by atoms with Gasteiger partial charge in [-0.15, -0.1) is 10.2 Å². The Hall–Kier alpha value is -0.680. The summed E-state index contributed by atoms with van der Waals surface area (Å²) in [7, 11) is 0. The van der Waals surface area contributed by atoms with Gasteiger partial charge in [0.25, 0.3) is 0 Å². The second-order valence-electron chi connectivity index (χ2n) is 2.91. The van der Waals surface area contributed by atoms with Crippen LogP contribution in [0.15, 0.2) is 5.51 Å². The third kappa shape index (κ3) is 3.69. The first kappa shape index (κ1) is 10.4. The van der Waals surface area contributed by atoms with Gasteiger partial charge in [0.05, 0.1) is 0 Å². The van der Waals surface area contributed by atoms with Crippen LogP contribution < -0.4 is 5.32 Å². The predicted molar refractivity (Wildman–Crippen MR) is 53.9 cm³/mol. The van der Waals surface area contributed by atoms with E-state index in [1.807, 2.05) is 0 Å². The summed E-state index contributed by atoms with van der Waals surface area (Å²) in [6, 6.07) is 0. The molecule has 2 N–H and O–H groups in total. The van der Waals surface area contributed by atoms with Crippen LogP contribution in [0.5, 0.6) is 0 Å². The van der Waals surface area contributed by atoms with Crippen molar-refractivity contribution >= 4 is 16.5 Å². The normalized spacial score (nSPS) is 12.8. The highest BCUT2D eigenvalue weighted by Gasteiger charge is 2.05. The molecular formula is C8H15N3OS. The van der Waals surface area contributed by atoms with Gasteiger partial charge in [-0.25, -0.2) is 0 Å². The molecule has 0 amide bonds. The molecule has 0 aromatic carbocycles. The number of aromatic nitrogens is 2. The Bertz CT molecular complexity index is 215. The van der Waals surface area contributed by atoms with Crippen molar-refractivity contribution in [3.63, 3.8) is 0 Å². The van der Waals surface area contributed by atoms with Crippen LogP contribution >= 0.6 is 11.3 Å². The van der Waals surface area contributed by atoms with Gasteiger partial charge in [-0.2, -0.15) is 0 Å². The van der Waals surface area contributed by atoms with E-state index in [0.717, 1.165) is 24.5 Å². The molecule has 0 spiro atoms. The number of nitrogens with zero attached hydrogens (tertiary/aromatic N) is 2. The minimum Gasteiger partial charge on any atom is -0.396 e. The summed E-state index contributed by atoms with van der Waals surface area (Å²) in [5, 5.41) is 20.4. The lowest BCUT2D eigenvalue weighted by molar-refractivity contribution is 0.258. The minimum atomic E-state index is 0.260. The van der Waals surface area contributed by atoms with E-state index >= 15 is 0 Å². The number of aliphatic hydroxyl groups is 1. The Kier molecular flexibility index (Phi) is 4.70. The van der Waals surface area contributed by atoms with Gasteiger partial charge in [-0.05, 0) is 12.3 Å². The molecule has 0 fully saturated rings. The molecule has 0 saturated heterocycles. The zero-order chi connectivity index (χ0) is 9.52. The Morgan fingerprint density at radius 2 is 2.54 bits per heavy atom. The number of rotatable bonds is 6. The summed E-state index contributed by atoms with van der Waals surface area (Å²) in [5.74, 6) is 0.522. The molecule has 1 rings (SSSR count). The van der Waals surface area contributed by atoms with Crippen molar-refractivity contribution in [2.75, 3.05) is 18.5 Å². The zero-order valence-corrected chi connectivity index (χ0v) is 8.55. The second-order valence-corrected chi connectivity index (χ2v) is 3.74. The Balaban J connectivity index is 2.23. The van der Waals surface area contributed by atoms with Crippen LogP contribution in [0.1, 0.15) is 19.8 Å². The molecule has 74 valence electrons. The van der Waals surface area contributed by atoms with Crippen LogP contribution in [-0.4, -0.2) is 28.5 Å². The molecule has 1 aromatic heterocycles. The quantitative estimate of drug-likeness (QED) is 0.729. The zero-order valence-electron chi connectivity index (χ0n) is 7.73. The van der Waals surface area contributed by atoms with Crippen LogP contribution in [0, 0.1) is 5.92 Å². The molecule has 0 saturated carbocycles. The van der Waals surface area contributed by atoms with Crippen molar-refractivity contribution < 1.29 is 5.11 Å². The lowest BCUT2D eigenvalue weighted by Gasteiger charge is -2.12. The van der Waals surface area contributed by atoms with E-state index in [2.05, 4.69) is 22.4 Å². The average molecular weight is 201 g/mol. The fraction of sp³-hybridized carbons (Fsp3) is 0.750. The summed E-state index contributed by atoms with van der Waals surface area (Å²) in [6.07, 6.45) is 1.93. The van der Waals surface area contributed by atoms with E-state index in [1.165, 1.54) is 11.3 Å². The van der Waals surface area contributed by atoms with Gasteiger partial charge in [0, 0.05) is 13.2 Å². The number of anilines is 1. The molecule has 0 aliphatic rings. The highest BCUT2D eigenvalue weighted by Crippen LogP contribution is 2.12. The first-order valence-electron chi connectivity index (χ1n) is 4.47. The fourth-order valence-electron chi connectivity index (χ4n) is 1.11. The summed E-state index contributed by atoms with van der Waals surface area (Å²) >= 11 is 1.50. The Morgan fingerprint density at radius 1 is 1.69 bits per heavy atom. The molecule has 1 unspecified atom stereocenters. The lowest BCUT2D eigenvalue weighted by atomic mass is 10.0. The van der Waals surface area contributed by atoms with Crippen molar-refractivity contribution in [3.05, 3.63) is 5.51 Å². The standard InChI is InChI=1S/C8H15N3OS/c1-2-7(3-4-12)5-9-8-11-10-6-13-8/h6-7,12H,2-5H2,1H3,(H,9,11). The predicted octanol–water partition coefficient (Wildman–Crippen LogP) is 1.36. The van der Waals surface area contributed by atoms with Crippen LogP contribution in [0.4, 0.5) is 5.13 Å². The van der Waals surface area contributed by atoms with Gasteiger partial charge in [0.1, 0.15) is 5.51 Å². The molecule has 1 heterocycles. The van der Waals surface area contributed by atoms with Gasteiger partial charge in [-0.3, -0.25) is 0 Å². The maximum Gasteiger partial charge on any atom is 0.205 e. The highest BCUT2D eigenvalue weighted by atomic mass is 32.1. The molecule has 0 aliphatic heterocycles. The van der Waals surface area contributed by atoms with E-state index in [4.69, 9.17) is 5.11 Å². The summed E-state index contributed by atoms with van der Waals surface area (Å²) in [6.45, 7) is 3.25. The van der Waals surface area contributed by atoms with Gasteiger partial charge in [0.15, 0.2) is 0 Å². The van der Waals surface area contributed by atoms with E-state index < -0.39 is 0 Å². The summed E-state index contributed by atoms with van der Waals surface area (Å²) in [5.41, 5.74) is 1.70. The van der Waals surface area contributed by atoms with E-state index in [0.29, 0.717) is 5.92 Å². The minimum absolute atomic E-state index is 0.260. The number of hydrogen-bond acceptors (Lipinski definition) is 5. The first-order valence-corrected chi connectivity index (χ1v) is 5.35. The molecule has 0 bridgehead atoms. The lowest BCUT2D eigenvalue weighted by Crippen LogP contribution is -2.14. The third-order valence-corrected chi connectivity index (χ3v) is 2.67. The molecule has 13 heavy (non-hydrogen) atoms. The fourth-order valence-corrected chi connectivity index (χ4v) is 1.57. The topological polar surface area (TPSA) is 58.0 Å². The Morgan fingerprint density at radius 3 is 3.08 bits per heavy atom. The van der Waals surface area contributed by atoms with Crippen LogP contribution in [0.3, 0.4) is 0 Å². The average Bonchev–Trinajstić information content (AvgIpc) is 2.64. The third-order valence-electron chi connectivity index (χ3n) is 2.02. The Labute approximate surface area is 82.0 Å². The maximum atomic E-state index is 8.77. The van der Waals surface area contributed by atoms with Crippen molar-refractivity contribution in [2.45, 2.75) is 19.8 Å². The SMILES string of the molecule is CCC(CCO)CNc1nncs1. The number of aliphatic hydroxyl groups excluding tert-OH is 1. The molecule has 4 nitrogen and oxygen atoms in total. The first-order chi connectivity index (χ1) is 6.36. The molecule has 0 aliphatic carbocycles. The van der Waals surface area contributed by atoms with Crippen molar-refractivity contribution in [2.24, 2.45) is 5.92 Å². The summed E-state index contributed by atoms with van der Waals surface area (Å²) < 4.78 is 0. The van der Waals surface area contributed by atoms with E-state index in [9.17, 15) is 0 Å². The van der Waals surface area contributed by atoms with E-state index in [1.54, 1.807) is 5.51 Å².